The number of aliphatic hydroxyl groups is 2. The molecule has 6 nitrogen and oxygen atoms in total. The van der Waals surface area contributed by atoms with Gasteiger partial charge in [0.2, 0.25) is 5.91 Å². The molecule has 6 heteroatoms. The number of carbonyl (C=O) groups is 2. The van der Waals surface area contributed by atoms with Crippen LogP contribution in [0.1, 0.15) is 278 Å². The number of aliphatic hydroxyl groups excluding tert-OH is 2. The van der Waals surface area contributed by atoms with Crippen molar-refractivity contribution in [1.82, 2.24) is 5.32 Å². The average molecular weight is 911 g/mol. The summed E-state index contributed by atoms with van der Waals surface area (Å²) in [5, 5.41) is 23.9. The minimum atomic E-state index is -0.798. The normalized spacial score (nSPS) is 13.6. The quantitative estimate of drug-likeness (QED) is 0.0321. The molecule has 0 aliphatic rings. The van der Waals surface area contributed by atoms with E-state index in [1.807, 2.05) is 0 Å². The Balaban J connectivity index is 4.60. The third-order valence-corrected chi connectivity index (χ3v) is 12.6. The molecule has 0 aromatic rings. The molecule has 0 radical (unpaired) electrons. The topological polar surface area (TPSA) is 95.9 Å². The fourth-order valence-electron chi connectivity index (χ4n) is 8.41. The van der Waals surface area contributed by atoms with Crippen molar-refractivity contribution in [2.75, 3.05) is 6.61 Å². The monoisotopic (exact) mass is 910 g/mol. The number of hydrogen-bond donors (Lipinski definition) is 3. The molecule has 0 aliphatic carbocycles. The average Bonchev–Trinajstić information content (AvgIpc) is 3.30. The molecule has 1 amide bonds. The van der Waals surface area contributed by atoms with Gasteiger partial charge in [-0.1, -0.05) is 261 Å². The largest absolute Gasteiger partial charge is 0.462 e. The van der Waals surface area contributed by atoms with Crippen LogP contribution in [0.4, 0.5) is 0 Å². The maximum Gasteiger partial charge on any atom is 0.306 e. The Morgan fingerprint density at radius 3 is 1.20 bits per heavy atom. The van der Waals surface area contributed by atoms with Crippen LogP contribution in [0.2, 0.25) is 0 Å². The fraction of sp³-hybridized carbons (Fsp3) is 0.797. The Labute approximate surface area is 403 Å². The smallest absolute Gasteiger partial charge is 0.306 e. The molecule has 0 aliphatic heterocycles. The van der Waals surface area contributed by atoms with Gasteiger partial charge < -0.3 is 20.3 Å². The van der Waals surface area contributed by atoms with Gasteiger partial charge in [-0.2, -0.15) is 0 Å². The molecular formula is C59H107NO5. The van der Waals surface area contributed by atoms with Crippen molar-refractivity contribution < 1.29 is 24.5 Å². The van der Waals surface area contributed by atoms with Crippen molar-refractivity contribution in [3.8, 4) is 0 Å². The van der Waals surface area contributed by atoms with E-state index < -0.39 is 18.2 Å². The Morgan fingerprint density at radius 2 is 0.815 bits per heavy atom. The van der Waals surface area contributed by atoms with Crippen LogP contribution in [0, 0.1) is 0 Å². The SMILES string of the molecule is CC/C=C\C/C=C\C/C=C\C/C=C\C/C=C\CCCC(=O)OC(CCCCCCCCCCCCCCC)CC(=O)NC(CO)C(O)CCCCCCCCCCCCCCCCCC. The van der Waals surface area contributed by atoms with E-state index >= 15 is 0 Å². The van der Waals surface area contributed by atoms with Gasteiger partial charge in [0.25, 0.3) is 0 Å². The second-order valence-electron chi connectivity index (χ2n) is 19.0. The maximum absolute atomic E-state index is 13.2. The van der Waals surface area contributed by atoms with Crippen LogP contribution < -0.4 is 5.32 Å². The summed E-state index contributed by atoms with van der Waals surface area (Å²) >= 11 is 0. The third kappa shape index (κ3) is 47.8. The van der Waals surface area contributed by atoms with Gasteiger partial charge in [0, 0.05) is 6.42 Å². The molecule has 0 saturated carbocycles. The summed E-state index contributed by atoms with van der Waals surface area (Å²) < 4.78 is 5.92. The molecule has 0 fully saturated rings. The lowest BCUT2D eigenvalue weighted by Gasteiger charge is -2.24. The van der Waals surface area contributed by atoms with Crippen molar-refractivity contribution in [2.24, 2.45) is 0 Å². The maximum atomic E-state index is 13.2. The number of amides is 1. The molecule has 0 aromatic heterocycles. The number of unbranched alkanes of at least 4 members (excludes halogenated alkanes) is 28. The van der Waals surface area contributed by atoms with E-state index in [2.05, 4.69) is 86.8 Å². The minimum absolute atomic E-state index is 0.0566. The summed E-state index contributed by atoms with van der Waals surface area (Å²) in [6, 6.07) is -0.713. The van der Waals surface area contributed by atoms with Crippen molar-refractivity contribution in [1.29, 1.82) is 0 Å². The number of nitrogens with one attached hydrogen (secondary N) is 1. The van der Waals surface area contributed by atoms with E-state index in [4.69, 9.17) is 4.74 Å². The molecule has 65 heavy (non-hydrogen) atoms. The van der Waals surface area contributed by atoms with Crippen molar-refractivity contribution in [3.05, 3.63) is 60.8 Å². The highest BCUT2D eigenvalue weighted by Crippen LogP contribution is 2.18. The van der Waals surface area contributed by atoms with Crippen LogP contribution in [-0.2, 0) is 14.3 Å². The summed E-state index contributed by atoms with van der Waals surface area (Å²) in [5.74, 6) is -0.534. The zero-order valence-corrected chi connectivity index (χ0v) is 43.1. The van der Waals surface area contributed by atoms with Gasteiger partial charge in [-0.15, -0.1) is 0 Å². The van der Waals surface area contributed by atoms with E-state index in [-0.39, 0.29) is 24.9 Å². The second kappa shape index (κ2) is 52.5. The first-order chi connectivity index (χ1) is 32.0. The summed E-state index contributed by atoms with van der Waals surface area (Å²) in [7, 11) is 0. The van der Waals surface area contributed by atoms with Crippen LogP contribution in [-0.4, -0.2) is 46.9 Å². The Bertz CT molecular complexity index is 1160. The van der Waals surface area contributed by atoms with E-state index in [0.29, 0.717) is 25.7 Å². The van der Waals surface area contributed by atoms with Gasteiger partial charge >= 0.3 is 5.97 Å². The minimum Gasteiger partial charge on any atom is -0.462 e. The molecule has 0 bridgehead atoms. The fourth-order valence-corrected chi connectivity index (χ4v) is 8.41. The van der Waals surface area contributed by atoms with Crippen LogP contribution in [0.5, 0.6) is 0 Å². The number of ether oxygens (including phenoxy) is 1. The van der Waals surface area contributed by atoms with Gasteiger partial charge in [-0.3, -0.25) is 9.59 Å². The first-order valence-electron chi connectivity index (χ1n) is 28.0. The molecule has 378 valence electrons. The molecule has 0 saturated heterocycles. The summed E-state index contributed by atoms with van der Waals surface area (Å²) in [5.41, 5.74) is 0. The van der Waals surface area contributed by atoms with Crippen molar-refractivity contribution >= 4 is 11.9 Å². The number of hydrogen-bond acceptors (Lipinski definition) is 5. The Morgan fingerprint density at radius 1 is 0.462 bits per heavy atom. The zero-order valence-electron chi connectivity index (χ0n) is 43.1. The first-order valence-corrected chi connectivity index (χ1v) is 28.0. The summed E-state index contributed by atoms with van der Waals surface area (Å²) in [6.07, 6.45) is 65.7. The van der Waals surface area contributed by atoms with Gasteiger partial charge in [0.15, 0.2) is 0 Å². The lowest BCUT2D eigenvalue weighted by atomic mass is 10.0. The van der Waals surface area contributed by atoms with Crippen LogP contribution in [0.3, 0.4) is 0 Å². The molecule has 3 N–H and O–H groups in total. The van der Waals surface area contributed by atoms with E-state index in [1.54, 1.807) is 0 Å². The lowest BCUT2D eigenvalue weighted by molar-refractivity contribution is -0.151. The second-order valence-corrected chi connectivity index (χ2v) is 19.0. The number of allylic oxidation sites excluding steroid dienone is 10. The highest BCUT2D eigenvalue weighted by Gasteiger charge is 2.24. The van der Waals surface area contributed by atoms with Crippen LogP contribution >= 0.6 is 0 Å². The molecular weight excluding hydrogens is 803 g/mol. The molecule has 3 atom stereocenters. The van der Waals surface area contributed by atoms with Crippen molar-refractivity contribution in [2.45, 2.75) is 296 Å². The van der Waals surface area contributed by atoms with E-state index in [1.165, 1.54) is 148 Å². The molecule has 0 heterocycles. The standard InChI is InChI=1S/C59H107NO5/c1-4-7-10-13-16-19-22-25-27-29-31-34-37-40-43-46-49-52-59(64)65-55(50-47-44-41-38-35-32-24-21-18-15-12-9-6-3)53-58(63)60-56(54-61)57(62)51-48-45-42-39-36-33-30-28-26-23-20-17-14-11-8-5-2/h7,10,16,19,25,27,31,34,40,43,55-57,61-62H,4-6,8-9,11-15,17-18,20-24,26,28-30,32-33,35-39,41-42,44-54H2,1-3H3,(H,60,63)/b10-7-,19-16-,27-25-,34-31-,43-40-. The van der Waals surface area contributed by atoms with Crippen molar-refractivity contribution in [3.63, 3.8) is 0 Å². The van der Waals surface area contributed by atoms with Gasteiger partial charge in [0.1, 0.15) is 6.10 Å². The van der Waals surface area contributed by atoms with E-state index in [0.717, 1.165) is 77.0 Å². The zero-order chi connectivity index (χ0) is 47.4. The molecule has 3 unspecified atom stereocenters. The highest BCUT2D eigenvalue weighted by molar-refractivity contribution is 5.77. The van der Waals surface area contributed by atoms with Crippen LogP contribution in [0.15, 0.2) is 60.8 Å². The highest BCUT2D eigenvalue weighted by atomic mass is 16.5. The summed E-state index contributed by atoms with van der Waals surface area (Å²) in [6.45, 7) is 6.38. The number of carbonyl (C=O) groups excluding carboxylic acids is 2. The van der Waals surface area contributed by atoms with E-state index in [9.17, 15) is 19.8 Å². The van der Waals surface area contributed by atoms with Gasteiger partial charge in [0.05, 0.1) is 25.2 Å². The van der Waals surface area contributed by atoms with Gasteiger partial charge in [-0.25, -0.2) is 0 Å². The Hall–Kier alpha value is -2.44. The molecule has 0 spiro atoms. The molecule has 0 rings (SSSR count). The molecule has 0 aromatic carbocycles. The number of esters is 1. The first kappa shape index (κ1) is 62.6. The predicted octanol–water partition coefficient (Wildman–Crippen LogP) is 17.2. The predicted molar refractivity (Wildman–Crippen MR) is 282 cm³/mol. The van der Waals surface area contributed by atoms with Gasteiger partial charge in [-0.05, 0) is 64.2 Å². The number of rotatable bonds is 50. The summed E-state index contributed by atoms with van der Waals surface area (Å²) in [4.78, 5) is 26.2. The Kier molecular flexibility index (Phi) is 50.6. The van der Waals surface area contributed by atoms with Crippen LogP contribution in [0.25, 0.3) is 0 Å². The third-order valence-electron chi connectivity index (χ3n) is 12.6. The lowest BCUT2D eigenvalue weighted by Crippen LogP contribution is -2.46.